The molecular formula is C28H32F6N4O11. The number of carbonyl (C=O) groups excluding carboxylic acids is 2. The van der Waals surface area contributed by atoms with Crippen LogP contribution < -0.4 is 16.8 Å². The Morgan fingerprint density at radius 3 is 1.65 bits per heavy atom. The van der Waals surface area contributed by atoms with Gasteiger partial charge in [-0.15, -0.1) is 0 Å². The zero-order valence-electron chi connectivity index (χ0n) is 25.2. The lowest BCUT2D eigenvalue weighted by atomic mass is 9.95. The number of amides is 2. The van der Waals surface area contributed by atoms with E-state index in [1.54, 1.807) is 24.3 Å². The molecule has 4 bridgehead atoms. The van der Waals surface area contributed by atoms with Crippen LogP contribution in [0.25, 0.3) is 11.1 Å². The van der Waals surface area contributed by atoms with E-state index in [2.05, 4.69) is 5.32 Å². The SMILES string of the molecule is CN1C(=O)[C@H](C[C@@H](O)CN)NC(=O)[C@@H](N)Cc2cc(ccc2O)-c2ccc(O)c(c2)C[C@H]1C(=O)O.O=C(O)C(F)(F)F.O=C(O)C(F)(F)F. The number of aliphatic carboxylic acids is 3. The fourth-order valence-electron chi connectivity index (χ4n) is 4.05. The normalized spacial score (nSPS) is 19.0. The van der Waals surface area contributed by atoms with Gasteiger partial charge in [-0.1, -0.05) is 12.1 Å². The number of aliphatic hydroxyl groups is 1. The predicted octanol–water partition coefficient (Wildman–Crippen LogP) is 0.563. The Morgan fingerprint density at radius 2 is 1.29 bits per heavy atom. The van der Waals surface area contributed by atoms with Crippen LogP contribution in [-0.4, -0.2) is 115 Å². The highest BCUT2D eigenvalue weighted by atomic mass is 19.4. The van der Waals surface area contributed by atoms with Crippen LogP contribution in [0.3, 0.4) is 0 Å². The fourth-order valence-corrected chi connectivity index (χ4v) is 4.05. The number of phenols is 2. The molecule has 0 radical (unpaired) electrons. The molecule has 1 heterocycles. The molecule has 0 unspecified atom stereocenters. The van der Waals surface area contributed by atoms with Gasteiger partial charge in [-0.2, -0.15) is 26.3 Å². The lowest BCUT2D eigenvalue weighted by Crippen LogP contribution is -2.56. The van der Waals surface area contributed by atoms with Crippen molar-refractivity contribution in [3.05, 3.63) is 47.5 Å². The number of aromatic hydroxyl groups is 2. The third-order valence-corrected chi connectivity index (χ3v) is 6.66. The summed E-state index contributed by atoms with van der Waals surface area (Å²) in [7, 11) is 1.27. The molecular weight excluding hydrogens is 682 g/mol. The van der Waals surface area contributed by atoms with Gasteiger partial charge in [-0.3, -0.25) is 9.59 Å². The number of nitrogens with zero attached hydrogens (tertiary/aromatic N) is 1. The van der Waals surface area contributed by atoms with Gasteiger partial charge in [-0.25, -0.2) is 14.4 Å². The average molecular weight is 715 g/mol. The number of nitrogens with one attached hydrogen (secondary N) is 1. The van der Waals surface area contributed by atoms with Crippen molar-refractivity contribution in [3.8, 4) is 22.6 Å². The maximum atomic E-state index is 13.3. The summed E-state index contributed by atoms with van der Waals surface area (Å²) in [6.07, 6.45) is -11.8. The molecule has 0 spiro atoms. The number of carboxylic acids is 3. The van der Waals surface area contributed by atoms with E-state index in [9.17, 15) is 61.2 Å². The first-order valence-electron chi connectivity index (χ1n) is 13.6. The van der Waals surface area contributed by atoms with Crippen LogP contribution >= 0.6 is 0 Å². The van der Waals surface area contributed by atoms with E-state index in [1.165, 1.54) is 19.2 Å². The largest absolute Gasteiger partial charge is 0.508 e. The van der Waals surface area contributed by atoms with Gasteiger partial charge in [0.25, 0.3) is 0 Å². The van der Waals surface area contributed by atoms with Crippen LogP contribution in [0.5, 0.6) is 11.5 Å². The van der Waals surface area contributed by atoms with Crippen molar-refractivity contribution < 1.29 is 81.0 Å². The molecule has 15 nitrogen and oxygen atoms in total. The molecule has 21 heteroatoms. The van der Waals surface area contributed by atoms with E-state index in [0.717, 1.165) is 4.90 Å². The van der Waals surface area contributed by atoms with E-state index in [1.807, 2.05) is 0 Å². The number of benzene rings is 2. The summed E-state index contributed by atoms with van der Waals surface area (Å²) in [6, 6.07) is 5.59. The number of aliphatic hydroxyl groups excluding tert-OH is 1. The number of carboxylic acid groups (broad SMARTS) is 3. The number of phenolic OH excluding ortho intramolecular Hbond substituents is 2. The third-order valence-electron chi connectivity index (χ3n) is 6.66. The maximum Gasteiger partial charge on any atom is 0.490 e. The van der Waals surface area contributed by atoms with Gasteiger partial charge in [0.05, 0.1) is 12.1 Å². The Hall–Kier alpha value is -5.15. The molecule has 3 rings (SSSR count). The van der Waals surface area contributed by atoms with Crippen molar-refractivity contribution in [2.24, 2.45) is 11.5 Å². The quantitative estimate of drug-likeness (QED) is 0.196. The minimum atomic E-state index is -5.08. The second-order valence-electron chi connectivity index (χ2n) is 10.3. The smallest absolute Gasteiger partial charge is 0.490 e. The van der Waals surface area contributed by atoms with Gasteiger partial charge < -0.3 is 52.3 Å². The van der Waals surface area contributed by atoms with Gasteiger partial charge in [0, 0.05) is 32.9 Å². The van der Waals surface area contributed by atoms with Crippen molar-refractivity contribution in [1.82, 2.24) is 10.2 Å². The monoisotopic (exact) mass is 714 g/mol. The first-order chi connectivity index (χ1) is 22.4. The Labute approximate surface area is 272 Å². The molecule has 1 aliphatic rings. The van der Waals surface area contributed by atoms with Crippen molar-refractivity contribution in [3.63, 3.8) is 0 Å². The maximum absolute atomic E-state index is 13.3. The van der Waals surface area contributed by atoms with Crippen molar-refractivity contribution in [2.75, 3.05) is 13.6 Å². The molecule has 1 aliphatic heterocycles. The number of halogens is 6. The predicted molar refractivity (Wildman–Crippen MR) is 154 cm³/mol. The lowest BCUT2D eigenvalue weighted by molar-refractivity contribution is -0.193. The van der Waals surface area contributed by atoms with Crippen molar-refractivity contribution in [2.45, 2.75) is 55.8 Å². The molecule has 2 amide bonds. The van der Waals surface area contributed by atoms with Crippen LogP contribution in [0.4, 0.5) is 26.3 Å². The van der Waals surface area contributed by atoms with Gasteiger partial charge in [0.15, 0.2) is 0 Å². The highest BCUT2D eigenvalue weighted by Gasteiger charge is 2.39. The van der Waals surface area contributed by atoms with Crippen LogP contribution in [0.1, 0.15) is 17.5 Å². The Morgan fingerprint density at radius 1 is 0.878 bits per heavy atom. The first kappa shape index (κ1) is 41.9. The summed E-state index contributed by atoms with van der Waals surface area (Å²) in [6.45, 7) is -0.181. The molecule has 272 valence electrons. The molecule has 0 fully saturated rings. The molecule has 0 saturated carbocycles. The third kappa shape index (κ3) is 12.8. The molecule has 4 atom stereocenters. The summed E-state index contributed by atoms with van der Waals surface area (Å²) in [5.74, 6) is -8.53. The van der Waals surface area contributed by atoms with E-state index >= 15 is 0 Å². The minimum Gasteiger partial charge on any atom is -0.508 e. The number of carbonyl (C=O) groups is 5. The summed E-state index contributed by atoms with van der Waals surface area (Å²) in [5.41, 5.74) is 13.5. The Kier molecular flexibility index (Phi) is 14.8. The average Bonchev–Trinajstić information content (AvgIpc) is 2.99. The molecule has 2 aromatic carbocycles. The zero-order chi connectivity index (χ0) is 38.0. The van der Waals surface area contributed by atoms with Crippen LogP contribution in [0, 0.1) is 0 Å². The zero-order valence-corrected chi connectivity index (χ0v) is 25.2. The number of hydrogen-bond donors (Lipinski definition) is 9. The minimum absolute atomic E-state index is 0.0512. The van der Waals surface area contributed by atoms with E-state index in [-0.39, 0.29) is 37.3 Å². The Balaban J connectivity index is 0.000000717. The van der Waals surface area contributed by atoms with Crippen LogP contribution in [0.15, 0.2) is 36.4 Å². The number of alkyl halides is 6. The second-order valence-corrected chi connectivity index (χ2v) is 10.3. The number of nitrogens with two attached hydrogens (primary N) is 2. The topological polar surface area (TPSA) is 274 Å². The van der Waals surface area contributed by atoms with Crippen molar-refractivity contribution >= 4 is 29.7 Å². The standard InChI is InChI=1S/C24H30N4O7.2C2HF3O2/c1-28-19(24(34)35)9-15-7-13(3-5-21(15)31)12-2-4-20(30)14(6-12)8-17(26)22(32)27-18(23(28)33)10-16(29)11-25;2*3-2(4,5)1(6)7/h2-7,16-19,29-31H,8-11,25-26H2,1H3,(H,27,32)(H,34,35);2*(H,6,7)/t16-,17+,18+,19+;;/m1../s1. The molecule has 0 saturated heterocycles. The number of rotatable bonds is 4. The Bertz CT molecular complexity index is 1500. The van der Waals surface area contributed by atoms with Gasteiger partial charge >= 0.3 is 30.3 Å². The molecule has 49 heavy (non-hydrogen) atoms. The molecule has 2 aromatic rings. The summed E-state index contributed by atoms with van der Waals surface area (Å²) in [5, 5.41) is 57.4. The first-order valence-corrected chi connectivity index (χ1v) is 13.6. The summed E-state index contributed by atoms with van der Waals surface area (Å²) in [4.78, 5) is 57.0. The number of hydrogen-bond acceptors (Lipinski definition) is 10. The van der Waals surface area contributed by atoms with Gasteiger partial charge in [-0.05, 0) is 46.5 Å². The highest BCUT2D eigenvalue weighted by Crippen LogP contribution is 2.31. The second kappa shape index (κ2) is 17.3. The van der Waals surface area contributed by atoms with E-state index in [4.69, 9.17) is 31.3 Å². The van der Waals surface area contributed by atoms with Crippen LogP contribution in [0.2, 0.25) is 0 Å². The van der Waals surface area contributed by atoms with E-state index in [0.29, 0.717) is 22.3 Å². The summed E-state index contributed by atoms with van der Waals surface area (Å²) >= 11 is 0. The lowest BCUT2D eigenvalue weighted by Gasteiger charge is -2.30. The molecule has 0 aromatic heterocycles. The van der Waals surface area contributed by atoms with Crippen LogP contribution in [-0.2, 0) is 36.8 Å². The highest BCUT2D eigenvalue weighted by molar-refractivity contribution is 5.92. The fraction of sp³-hybridized carbons (Fsp3) is 0.393. The van der Waals surface area contributed by atoms with E-state index < -0.39 is 66.3 Å². The van der Waals surface area contributed by atoms with Gasteiger partial charge in [0.1, 0.15) is 23.6 Å². The van der Waals surface area contributed by atoms with Crippen molar-refractivity contribution in [1.29, 1.82) is 0 Å². The summed E-state index contributed by atoms with van der Waals surface area (Å²) < 4.78 is 63.5. The number of fused-ring (bicyclic) bond motifs is 5. The number of likely N-dealkylation sites (N-methyl/N-ethyl adjacent to an activating group) is 1. The van der Waals surface area contributed by atoms with Gasteiger partial charge in [0.2, 0.25) is 11.8 Å². The molecule has 11 N–H and O–H groups in total. The molecule has 0 aliphatic carbocycles.